The number of aliphatic carboxylic acids is 1. The molecule has 2 aromatic rings. The summed E-state index contributed by atoms with van der Waals surface area (Å²) in [5.74, 6) is -1.28. The van der Waals surface area contributed by atoms with Crippen LogP contribution in [0.4, 0.5) is 0 Å². The number of hydrogen-bond acceptors (Lipinski definition) is 4. The van der Waals surface area contributed by atoms with Gasteiger partial charge in [-0.25, -0.2) is 13.4 Å². The van der Waals surface area contributed by atoms with Crippen LogP contribution in [0.5, 0.6) is 0 Å². The highest BCUT2D eigenvalue weighted by Crippen LogP contribution is 2.16. The number of carboxylic acids is 1. The van der Waals surface area contributed by atoms with E-state index in [1.54, 1.807) is 37.4 Å². The van der Waals surface area contributed by atoms with Gasteiger partial charge >= 0.3 is 5.97 Å². The fraction of sp³-hybridized carbons (Fsp3) is 0.167. The summed E-state index contributed by atoms with van der Waals surface area (Å²) in [5.41, 5.74) is 0.347. The van der Waals surface area contributed by atoms with E-state index in [9.17, 15) is 18.3 Å². The van der Waals surface area contributed by atoms with Crippen molar-refractivity contribution in [2.75, 3.05) is 0 Å². The Labute approximate surface area is 115 Å². The maximum Gasteiger partial charge on any atom is 0.326 e. The van der Waals surface area contributed by atoms with E-state index in [-0.39, 0.29) is 5.03 Å². The average molecular weight is 295 g/mol. The number of aromatic nitrogens is 2. The molecule has 0 unspecified atom stereocenters. The number of carboxylic acid groups (broad SMARTS) is 1. The Hall–Kier alpha value is -2.19. The quantitative estimate of drug-likeness (QED) is 0.837. The Bertz CT molecular complexity index is 709. The first-order chi connectivity index (χ1) is 9.40. The lowest BCUT2D eigenvalue weighted by Gasteiger charge is -2.13. The topological polar surface area (TPSA) is 101 Å². The van der Waals surface area contributed by atoms with E-state index in [0.29, 0.717) is 5.56 Å². The monoisotopic (exact) mass is 295 g/mol. The maximum absolute atomic E-state index is 12.1. The van der Waals surface area contributed by atoms with Gasteiger partial charge in [-0.3, -0.25) is 4.79 Å². The van der Waals surface area contributed by atoms with Gasteiger partial charge in [0.15, 0.2) is 5.03 Å². The van der Waals surface area contributed by atoms with Crippen LogP contribution >= 0.6 is 0 Å². The van der Waals surface area contributed by atoms with Crippen molar-refractivity contribution < 1.29 is 18.3 Å². The number of aryl methyl sites for hydroxylation is 1. The lowest BCUT2D eigenvalue weighted by molar-refractivity contribution is -0.139. The Morgan fingerprint density at radius 1 is 1.35 bits per heavy atom. The molecule has 106 valence electrons. The van der Waals surface area contributed by atoms with Gasteiger partial charge in [-0.15, -0.1) is 0 Å². The van der Waals surface area contributed by atoms with Crippen molar-refractivity contribution in [2.24, 2.45) is 7.05 Å². The van der Waals surface area contributed by atoms with Gasteiger partial charge in [0, 0.05) is 13.2 Å². The normalized spacial score (nSPS) is 13.1. The van der Waals surface area contributed by atoms with Crippen LogP contribution in [0.2, 0.25) is 0 Å². The number of carbonyl (C=O) groups is 1. The van der Waals surface area contributed by atoms with Crippen LogP contribution in [-0.4, -0.2) is 29.0 Å². The molecule has 1 atom stereocenters. The van der Waals surface area contributed by atoms with Gasteiger partial charge < -0.3 is 9.67 Å². The molecule has 0 amide bonds. The molecular formula is C12H13N3O4S. The van der Waals surface area contributed by atoms with Crippen LogP contribution in [0.25, 0.3) is 0 Å². The second-order valence-electron chi connectivity index (χ2n) is 4.18. The Kier molecular flexibility index (Phi) is 3.86. The van der Waals surface area contributed by atoms with E-state index in [4.69, 9.17) is 0 Å². The highest BCUT2D eigenvalue weighted by Gasteiger charge is 2.28. The van der Waals surface area contributed by atoms with Gasteiger partial charge in [0.25, 0.3) is 10.0 Å². The highest BCUT2D eigenvalue weighted by molar-refractivity contribution is 7.89. The van der Waals surface area contributed by atoms with Crippen LogP contribution < -0.4 is 4.72 Å². The molecule has 0 aliphatic carbocycles. The molecule has 20 heavy (non-hydrogen) atoms. The van der Waals surface area contributed by atoms with Crippen molar-refractivity contribution in [2.45, 2.75) is 11.1 Å². The molecule has 1 aromatic heterocycles. The number of benzene rings is 1. The molecule has 0 radical (unpaired) electrons. The largest absolute Gasteiger partial charge is 0.480 e. The van der Waals surface area contributed by atoms with Crippen LogP contribution in [0, 0.1) is 0 Å². The number of nitrogens with zero attached hydrogens (tertiary/aromatic N) is 2. The van der Waals surface area contributed by atoms with E-state index in [1.807, 2.05) is 0 Å². The Morgan fingerprint density at radius 3 is 2.50 bits per heavy atom. The molecule has 1 heterocycles. The van der Waals surface area contributed by atoms with Crippen molar-refractivity contribution in [3.8, 4) is 0 Å². The van der Waals surface area contributed by atoms with Crippen LogP contribution in [0.15, 0.2) is 47.9 Å². The maximum atomic E-state index is 12.1. The molecule has 0 aliphatic rings. The molecule has 0 saturated heterocycles. The average Bonchev–Trinajstić information content (AvgIpc) is 2.84. The second kappa shape index (κ2) is 5.43. The Balaban J connectivity index is 2.32. The smallest absolute Gasteiger partial charge is 0.326 e. The summed E-state index contributed by atoms with van der Waals surface area (Å²) in [7, 11) is -2.37. The van der Waals surface area contributed by atoms with Crippen molar-refractivity contribution in [1.29, 1.82) is 0 Å². The predicted molar refractivity (Wildman–Crippen MR) is 70.3 cm³/mol. The van der Waals surface area contributed by atoms with Crippen molar-refractivity contribution in [3.05, 3.63) is 48.4 Å². The van der Waals surface area contributed by atoms with Gasteiger partial charge in [0.2, 0.25) is 0 Å². The van der Waals surface area contributed by atoms with E-state index >= 15 is 0 Å². The molecule has 0 aliphatic heterocycles. The zero-order valence-corrected chi connectivity index (χ0v) is 11.4. The van der Waals surface area contributed by atoms with Crippen molar-refractivity contribution in [3.63, 3.8) is 0 Å². The number of nitrogens with one attached hydrogen (secondary N) is 1. The van der Waals surface area contributed by atoms with E-state index < -0.39 is 22.0 Å². The molecule has 0 fully saturated rings. The summed E-state index contributed by atoms with van der Waals surface area (Å²) in [5, 5.41) is 8.97. The number of sulfonamides is 1. The number of imidazole rings is 1. The fourth-order valence-corrected chi connectivity index (χ4v) is 2.81. The summed E-state index contributed by atoms with van der Waals surface area (Å²) in [6.45, 7) is 0. The zero-order chi connectivity index (χ0) is 14.8. The predicted octanol–water partition coefficient (Wildman–Crippen LogP) is 0.524. The first-order valence-corrected chi connectivity index (χ1v) is 7.16. The van der Waals surface area contributed by atoms with Crippen molar-refractivity contribution in [1.82, 2.24) is 14.3 Å². The zero-order valence-electron chi connectivity index (χ0n) is 10.6. The Morgan fingerprint density at radius 2 is 2.00 bits per heavy atom. The van der Waals surface area contributed by atoms with Gasteiger partial charge in [-0.05, 0) is 5.56 Å². The minimum atomic E-state index is -3.99. The summed E-state index contributed by atoms with van der Waals surface area (Å²) in [6.07, 6.45) is 2.62. The van der Waals surface area contributed by atoms with Crippen LogP contribution in [0.1, 0.15) is 11.6 Å². The molecule has 8 heteroatoms. The SMILES string of the molecule is Cn1cnc(S(=O)(=O)N[C@H](C(=O)O)c2ccccc2)c1. The fourth-order valence-electron chi connectivity index (χ4n) is 1.65. The van der Waals surface area contributed by atoms with Gasteiger partial charge in [-0.1, -0.05) is 30.3 Å². The van der Waals surface area contributed by atoms with Crippen LogP contribution in [0.3, 0.4) is 0 Å². The first-order valence-electron chi connectivity index (χ1n) is 5.68. The third-order valence-electron chi connectivity index (χ3n) is 2.61. The highest BCUT2D eigenvalue weighted by atomic mass is 32.2. The summed E-state index contributed by atoms with van der Waals surface area (Å²) in [6, 6.07) is 6.72. The number of rotatable bonds is 5. The van der Waals surface area contributed by atoms with Crippen molar-refractivity contribution >= 4 is 16.0 Å². The molecule has 1 aromatic carbocycles. The van der Waals surface area contributed by atoms with E-state index in [1.165, 1.54) is 17.1 Å². The molecule has 7 nitrogen and oxygen atoms in total. The van der Waals surface area contributed by atoms with E-state index in [2.05, 4.69) is 9.71 Å². The third kappa shape index (κ3) is 3.03. The molecule has 0 bridgehead atoms. The summed E-state index contributed by atoms with van der Waals surface area (Å²) < 4.78 is 27.8. The molecule has 2 rings (SSSR count). The van der Waals surface area contributed by atoms with Crippen LogP contribution in [-0.2, 0) is 21.9 Å². The standard InChI is InChI=1S/C12H13N3O4S/c1-15-7-10(13-8-15)20(18,19)14-11(12(16)17)9-5-3-2-4-6-9/h2-8,11,14H,1H3,(H,16,17)/t11-/m0/s1. The molecular weight excluding hydrogens is 282 g/mol. The second-order valence-corrected chi connectivity index (χ2v) is 5.84. The van der Waals surface area contributed by atoms with Gasteiger partial charge in [-0.2, -0.15) is 4.72 Å². The lowest BCUT2D eigenvalue weighted by atomic mass is 10.1. The minimum Gasteiger partial charge on any atom is -0.480 e. The first kappa shape index (κ1) is 14.2. The third-order valence-corrected chi connectivity index (χ3v) is 3.92. The molecule has 0 saturated carbocycles. The van der Waals surface area contributed by atoms with E-state index in [0.717, 1.165) is 0 Å². The summed E-state index contributed by atoms with van der Waals surface area (Å²) in [4.78, 5) is 15.0. The minimum absolute atomic E-state index is 0.220. The lowest BCUT2D eigenvalue weighted by Crippen LogP contribution is -2.33. The summed E-state index contributed by atoms with van der Waals surface area (Å²) >= 11 is 0. The van der Waals surface area contributed by atoms with Gasteiger partial charge in [0.05, 0.1) is 6.33 Å². The van der Waals surface area contributed by atoms with Gasteiger partial charge in [0.1, 0.15) is 6.04 Å². The molecule has 2 N–H and O–H groups in total. The number of hydrogen-bond donors (Lipinski definition) is 2. The molecule has 0 spiro atoms.